The number of ether oxygens (including phenoxy) is 1. The number of benzene rings is 1. The number of sulfonamides is 1. The van der Waals surface area contributed by atoms with Crippen LogP contribution in [-0.2, 0) is 14.8 Å². The van der Waals surface area contributed by atoms with Gasteiger partial charge in [0.2, 0.25) is 10.0 Å². The second kappa shape index (κ2) is 7.29. The third-order valence-electron chi connectivity index (χ3n) is 3.49. The van der Waals surface area contributed by atoms with E-state index < -0.39 is 10.0 Å². The van der Waals surface area contributed by atoms with E-state index in [1.165, 1.54) is 4.31 Å². The highest BCUT2D eigenvalue weighted by atomic mass is 35.5. The highest BCUT2D eigenvalue weighted by Crippen LogP contribution is 2.31. The molecule has 0 radical (unpaired) electrons. The third kappa shape index (κ3) is 4.33. The summed E-state index contributed by atoms with van der Waals surface area (Å²) < 4.78 is 31.7. The van der Waals surface area contributed by atoms with Gasteiger partial charge < -0.3 is 4.74 Å². The average Bonchev–Trinajstić information content (AvgIpc) is 2.45. The summed E-state index contributed by atoms with van der Waals surface area (Å²) in [5.74, 6) is 0.185. The normalized spacial score (nSPS) is 20.6. The quantitative estimate of drug-likeness (QED) is 0.815. The largest absolute Gasteiger partial charge is 0.371 e. The van der Waals surface area contributed by atoms with Crippen molar-refractivity contribution in [3.05, 3.63) is 33.8 Å². The third-order valence-corrected chi connectivity index (χ3v) is 5.97. The average molecular weight is 352 g/mol. The minimum absolute atomic E-state index is 0.185. The zero-order chi connectivity index (χ0) is 15.5. The molecule has 0 N–H and O–H groups in total. The fourth-order valence-corrected chi connectivity index (χ4v) is 4.44. The molecule has 21 heavy (non-hydrogen) atoms. The Bertz CT molecular complexity index is 592. The lowest BCUT2D eigenvalue weighted by Gasteiger charge is -2.32. The van der Waals surface area contributed by atoms with Gasteiger partial charge in [0.1, 0.15) is 0 Å². The molecule has 1 atom stereocenters. The molecule has 4 nitrogen and oxygen atoms in total. The van der Waals surface area contributed by atoms with E-state index in [0.717, 1.165) is 12.0 Å². The van der Waals surface area contributed by atoms with Gasteiger partial charge in [-0.1, -0.05) is 42.6 Å². The van der Waals surface area contributed by atoms with Crippen LogP contribution in [0.2, 0.25) is 10.0 Å². The number of hydrogen-bond acceptors (Lipinski definition) is 3. The van der Waals surface area contributed by atoms with Gasteiger partial charge in [-0.05, 0) is 18.6 Å². The molecule has 1 aliphatic heterocycles. The van der Waals surface area contributed by atoms with Gasteiger partial charge in [-0.25, -0.2) is 8.42 Å². The van der Waals surface area contributed by atoms with Gasteiger partial charge in [-0.15, -0.1) is 0 Å². The van der Waals surface area contributed by atoms with Crippen molar-refractivity contribution < 1.29 is 13.2 Å². The Morgan fingerprint density at radius 1 is 1.38 bits per heavy atom. The van der Waals surface area contributed by atoms with Crippen LogP contribution in [0.5, 0.6) is 0 Å². The van der Waals surface area contributed by atoms with E-state index in [2.05, 4.69) is 0 Å². The standard InChI is InChI=1S/C14H19Cl2NO3S/c1-2-3-8-21(18,19)17-6-7-20-14(10-17)12-5-4-11(15)9-13(12)16/h4-5,9,14H,2-3,6-8,10H2,1H3. The van der Waals surface area contributed by atoms with Crippen LogP contribution in [0.3, 0.4) is 0 Å². The molecule has 2 rings (SSSR count). The maximum atomic E-state index is 12.3. The lowest BCUT2D eigenvalue weighted by atomic mass is 10.1. The maximum Gasteiger partial charge on any atom is 0.214 e. The molecule has 1 aliphatic rings. The molecule has 0 amide bonds. The van der Waals surface area contributed by atoms with Crippen LogP contribution in [-0.4, -0.2) is 38.2 Å². The summed E-state index contributed by atoms with van der Waals surface area (Å²) in [5.41, 5.74) is 0.774. The van der Waals surface area contributed by atoms with E-state index in [-0.39, 0.29) is 11.9 Å². The fraction of sp³-hybridized carbons (Fsp3) is 0.571. The SMILES string of the molecule is CCCCS(=O)(=O)N1CCOC(c2ccc(Cl)cc2Cl)C1. The Balaban J connectivity index is 2.14. The van der Waals surface area contributed by atoms with Gasteiger partial charge in [0, 0.05) is 28.7 Å². The van der Waals surface area contributed by atoms with Crippen LogP contribution in [0.4, 0.5) is 0 Å². The van der Waals surface area contributed by atoms with Gasteiger partial charge in [0.05, 0.1) is 18.5 Å². The van der Waals surface area contributed by atoms with E-state index >= 15 is 0 Å². The Kier molecular flexibility index (Phi) is 5.91. The summed E-state index contributed by atoms with van der Waals surface area (Å²) in [7, 11) is -3.22. The first-order chi connectivity index (χ1) is 9.94. The number of halogens is 2. The van der Waals surface area contributed by atoms with E-state index in [1.807, 2.05) is 6.92 Å². The van der Waals surface area contributed by atoms with E-state index in [0.29, 0.717) is 36.2 Å². The first-order valence-electron chi connectivity index (χ1n) is 6.98. The van der Waals surface area contributed by atoms with Crippen LogP contribution in [0.25, 0.3) is 0 Å². The zero-order valence-electron chi connectivity index (χ0n) is 11.9. The highest BCUT2D eigenvalue weighted by Gasteiger charge is 2.30. The Labute approximate surface area is 136 Å². The van der Waals surface area contributed by atoms with E-state index in [4.69, 9.17) is 27.9 Å². The highest BCUT2D eigenvalue weighted by molar-refractivity contribution is 7.89. The van der Waals surface area contributed by atoms with Gasteiger partial charge >= 0.3 is 0 Å². The molecule has 0 bridgehead atoms. The van der Waals surface area contributed by atoms with Gasteiger partial charge in [-0.2, -0.15) is 4.31 Å². The van der Waals surface area contributed by atoms with Crippen molar-refractivity contribution in [3.63, 3.8) is 0 Å². The van der Waals surface area contributed by atoms with Crippen LogP contribution < -0.4 is 0 Å². The number of unbranched alkanes of at least 4 members (excludes halogenated alkanes) is 1. The number of hydrogen-bond donors (Lipinski definition) is 0. The topological polar surface area (TPSA) is 46.6 Å². The minimum atomic E-state index is -3.22. The number of nitrogens with zero attached hydrogens (tertiary/aromatic N) is 1. The molecule has 1 heterocycles. The predicted molar refractivity (Wildman–Crippen MR) is 85.4 cm³/mol. The minimum Gasteiger partial charge on any atom is -0.371 e. The smallest absolute Gasteiger partial charge is 0.214 e. The Hall–Kier alpha value is -0.330. The summed E-state index contributed by atoms with van der Waals surface area (Å²) in [6, 6.07) is 5.17. The molecule has 118 valence electrons. The molecule has 0 saturated carbocycles. The second-order valence-corrected chi connectivity index (χ2v) is 7.98. The first-order valence-corrected chi connectivity index (χ1v) is 9.35. The summed E-state index contributed by atoms with van der Waals surface area (Å²) in [6.45, 7) is 3.04. The van der Waals surface area contributed by atoms with Crippen molar-refractivity contribution in [2.75, 3.05) is 25.4 Å². The molecule has 1 aromatic carbocycles. The van der Waals surface area contributed by atoms with Gasteiger partial charge in [0.25, 0.3) is 0 Å². The van der Waals surface area contributed by atoms with Crippen molar-refractivity contribution in [2.45, 2.75) is 25.9 Å². The van der Waals surface area contributed by atoms with Crippen LogP contribution in [0, 0.1) is 0 Å². The maximum absolute atomic E-state index is 12.3. The van der Waals surface area contributed by atoms with Crippen molar-refractivity contribution in [1.29, 1.82) is 0 Å². The molecule has 0 aromatic heterocycles. The molecule has 0 spiro atoms. The predicted octanol–water partition coefficient (Wildman–Crippen LogP) is 3.50. The van der Waals surface area contributed by atoms with Crippen molar-refractivity contribution in [2.24, 2.45) is 0 Å². The number of morpholine rings is 1. The first kappa shape index (κ1) is 17.0. The molecule has 7 heteroatoms. The zero-order valence-corrected chi connectivity index (χ0v) is 14.2. The summed E-state index contributed by atoms with van der Waals surface area (Å²) in [6.07, 6.45) is 1.18. The molecule has 1 unspecified atom stereocenters. The van der Waals surface area contributed by atoms with Crippen LogP contribution >= 0.6 is 23.2 Å². The lowest BCUT2D eigenvalue weighted by molar-refractivity contribution is -0.00249. The second-order valence-electron chi connectivity index (χ2n) is 5.05. The summed E-state index contributed by atoms with van der Waals surface area (Å²) in [4.78, 5) is 0. The summed E-state index contributed by atoms with van der Waals surface area (Å²) >= 11 is 12.1. The Morgan fingerprint density at radius 2 is 2.14 bits per heavy atom. The molecule has 1 aromatic rings. The van der Waals surface area contributed by atoms with Crippen molar-refractivity contribution in [1.82, 2.24) is 4.31 Å². The molecular formula is C14H19Cl2NO3S. The van der Waals surface area contributed by atoms with E-state index in [9.17, 15) is 8.42 Å². The molecule has 0 aliphatic carbocycles. The van der Waals surface area contributed by atoms with Crippen molar-refractivity contribution in [3.8, 4) is 0 Å². The van der Waals surface area contributed by atoms with Gasteiger partial charge in [0.15, 0.2) is 0 Å². The van der Waals surface area contributed by atoms with Gasteiger partial charge in [-0.3, -0.25) is 0 Å². The molecule has 1 saturated heterocycles. The monoisotopic (exact) mass is 351 g/mol. The van der Waals surface area contributed by atoms with E-state index in [1.54, 1.807) is 18.2 Å². The fourth-order valence-electron chi connectivity index (χ4n) is 2.28. The number of rotatable bonds is 5. The lowest BCUT2D eigenvalue weighted by Crippen LogP contribution is -2.43. The molecular weight excluding hydrogens is 333 g/mol. The molecule has 1 fully saturated rings. The van der Waals surface area contributed by atoms with Crippen LogP contribution in [0.15, 0.2) is 18.2 Å². The summed E-state index contributed by atoms with van der Waals surface area (Å²) in [5, 5.41) is 1.05. The van der Waals surface area contributed by atoms with Crippen molar-refractivity contribution >= 4 is 33.2 Å². The van der Waals surface area contributed by atoms with Crippen LogP contribution in [0.1, 0.15) is 31.4 Å². The Morgan fingerprint density at radius 3 is 2.81 bits per heavy atom.